The fraction of sp³-hybridized carbons (Fsp3) is 0.308. The number of nitrogens with zero attached hydrogens (tertiary/aromatic N) is 1. The first-order valence-corrected chi connectivity index (χ1v) is 6.00. The van der Waals surface area contributed by atoms with E-state index < -0.39 is 12.2 Å². The fourth-order valence-corrected chi connectivity index (χ4v) is 1.66. The molecule has 7 nitrogen and oxygen atoms in total. The van der Waals surface area contributed by atoms with Crippen molar-refractivity contribution in [1.82, 2.24) is 10.4 Å². The van der Waals surface area contributed by atoms with Gasteiger partial charge in [0.25, 0.3) is 0 Å². The average molecular weight is 278 g/mol. The number of esters is 1. The number of hydrogen-bond acceptors (Lipinski definition) is 5. The summed E-state index contributed by atoms with van der Waals surface area (Å²) in [6, 6.07) is 7.86. The number of fused-ring (bicyclic) bond motifs is 2. The molecule has 1 aromatic carbocycles. The van der Waals surface area contributed by atoms with Crippen LogP contribution in [0.5, 0.6) is 11.5 Å². The van der Waals surface area contributed by atoms with Crippen LogP contribution >= 0.6 is 0 Å². The summed E-state index contributed by atoms with van der Waals surface area (Å²) in [5, 5.41) is 1.00. The van der Waals surface area contributed by atoms with Crippen molar-refractivity contribution in [3.05, 3.63) is 24.3 Å². The molecule has 7 heteroatoms. The highest BCUT2D eigenvalue weighted by atomic mass is 16.6. The quantitative estimate of drug-likeness (QED) is 0.653. The summed E-state index contributed by atoms with van der Waals surface area (Å²) in [7, 11) is 0. The van der Waals surface area contributed by atoms with Gasteiger partial charge in [-0.25, -0.2) is 5.01 Å². The molecule has 106 valence electrons. The monoisotopic (exact) mass is 278 g/mol. The summed E-state index contributed by atoms with van der Waals surface area (Å²) in [6.45, 7) is 2.52. The van der Waals surface area contributed by atoms with Crippen molar-refractivity contribution in [3.8, 4) is 11.5 Å². The normalized spacial score (nSPS) is 17.6. The molecule has 0 aliphatic carbocycles. The Morgan fingerprint density at radius 3 is 2.25 bits per heavy atom. The van der Waals surface area contributed by atoms with Gasteiger partial charge in [0.05, 0.1) is 6.42 Å². The van der Waals surface area contributed by atoms with E-state index in [4.69, 9.17) is 9.47 Å². The number of hydrazine groups is 1. The molecule has 2 amide bonds. The lowest BCUT2D eigenvalue weighted by Crippen LogP contribution is -2.61. The molecule has 1 unspecified atom stereocenters. The lowest BCUT2D eigenvalue weighted by atomic mass is 10.2. The van der Waals surface area contributed by atoms with E-state index in [1.54, 1.807) is 0 Å². The second-order valence-electron chi connectivity index (χ2n) is 4.28. The number of rotatable bonds is 2. The minimum atomic E-state index is -0.645. The van der Waals surface area contributed by atoms with Crippen LogP contribution in [-0.2, 0) is 19.1 Å². The molecule has 2 bridgehead atoms. The minimum Gasteiger partial charge on any atom is -0.457 e. The Balaban J connectivity index is 0.000000173. The van der Waals surface area contributed by atoms with Crippen LogP contribution in [0.15, 0.2) is 24.3 Å². The highest BCUT2D eigenvalue weighted by Crippen LogP contribution is 2.32. The van der Waals surface area contributed by atoms with Crippen LogP contribution in [-0.4, -0.2) is 29.0 Å². The molecule has 3 heterocycles. The molecule has 1 fully saturated rings. The van der Waals surface area contributed by atoms with Gasteiger partial charge in [-0.3, -0.25) is 19.8 Å². The van der Waals surface area contributed by atoms with Crippen LogP contribution in [0, 0.1) is 0 Å². The van der Waals surface area contributed by atoms with E-state index in [0.29, 0.717) is 0 Å². The van der Waals surface area contributed by atoms with Gasteiger partial charge < -0.3 is 9.47 Å². The van der Waals surface area contributed by atoms with E-state index in [0.717, 1.165) is 16.5 Å². The van der Waals surface area contributed by atoms with Gasteiger partial charge in [0, 0.05) is 19.9 Å². The zero-order valence-corrected chi connectivity index (χ0v) is 11.1. The maximum Gasteiger partial charge on any atom is 0.304 e. The third-order valence-corrected chi connectivity index (χ3v) is 2.53. The van der Waals surface area contributed by atoms with Gasteiger partial charge >= 0.3 is 5.97 Å². The van der Waals surface area contributed by atoms with Gasteiger partial charge in [-0.15, -0.1) is 0 Å². The minimum absolute atomic E-state index is 0.125. The van der Waals surface area contributed by atoms with Gasteiger partial charge in [0.1, 0.15) is 11.5 Å². The fourth-order valence-electron chi connectivity index (χ4n) is 1.66. The number of amides is 2. The summed E-state index contributed by atoms with van der Waals surface area (Å²) in [5.74, 6) is 0.856. The predicted molar refractivity (Wildman–Crippen MR) is 67.3 cm³/mol. The standard InChI is InChI=1S/C7H10N2O4.C6H4O/c1-4(10)8-9-6(12)3-7(9)13-5(2)11;1-2-5-4-6(3-1)7-5/h7H,3H2,1-2H3,(H,8,10);1-4H. The summed E-state index contributed by atoms with van der Waals surface area (Å²) in [6.07, 6.45) is -0.520. The second kappa shape index (κ2) is 5.60. The van der Waals surface area contributed by atoms with Crippen molar-refractivity contribution in [2.75, 3.05) is 0 Å². The zero-order valence-electron chi connectivity index (χ0n) is 11.1. The Bertz CT molecular complexity index is 533. The van der Waals surface area contributed by atoms with E-state index >= 15 is 0 Å². The van der Waals surface area contributed by atoms with E-state index in [9.17, 15) is 14.4 Å². The molecule has 0 radical (unpaired) electrons. The van der Waals surface area contributed by atoms with Crippen molar-refractivity contribution >= 4 is 17.8 Å². The van der Waals surface area contributed by atoms with Gasteiger partial charge in [-0.05, 0) is 12.1 Å². The van der Waals surface area contributed by atoms with Gasteiger partial charge in [0.15, 0.2) is 0 Å². The van der Waals surface area contributed by atoms with Crippen molar-refractivity contribution in [3.63, 3.8) is 0 Å². The maximum absolute atomic E-state index is 10.9. The molecule has 0 spiro atoms. The number of nitrogens with one attached hydrogen (secondary N) is 1. The molecule has 1 N–H and O–H groups in total. The predicted octanol–water partition coefficient (Wildman–Crippen LogP) is 0.951. The van der Waals surface area contributed by atoms with Crippen molar-refractivity contribution in [2.45, 2.75) is 26.5 Å². The molecule has 20 heavy (non-hydrogen) atoms. The lowest BCUT2D eigenvalue weighted by Gasteiger charge is -2.38. The summed E-state index contributed by atoms with van der Waals surface area (Å²) in [4.78, 5) is 32.0. The third kappa shape index (κ3) is 3.25. The Kier molecular flexibility index (Phi) is 3.88. The van der Waals surface area contributed by atoms with Crippen LogP contribution in [0.4, 0.5) is 0 Å². The first-order chi connectivity index (χ1) is 9.45. The van der Waals surface area contributed by atoms with Crippen molar-refractivity contribution in [1.29, 1.82) is 0 Å². The van der Waals surface area contributed by atoms with E-state index in [1.807, 2.05) is 24.3 Å². The summed E-state index contributed by atoms with van der Waals surface area (Å²) < 4.78 is 9.73. The highest BCUT2D eigenvalue weighted by Gasteiger charge is 2.39. The van der Waals surface area contributed by atoms with Crippen LogP contribution < -0.4 is 10.2 Å². The largest absolute Gasteiger partial charge is 0.457 e. The van der Waals surface area contributed by atoms with Crippen molar-refractivity contribution < 1.29 is 23.9 Å². The average Bonchev–Trinajstić information content (AvgIpc) is 2.36. The molecule has 3 aliphatic heterocycles. The van der Waals surface area contributed by atoms with Gasteiger partial charge in [-0.2, -0.15) is 0 Å². The summed E-state index contributed by atoms with van der Waals surface area (Å²) >= 11 is 0. The number of carbonyl (C=O) groups excluding carboxylic acids is 3. The lowest BCUT2D eigenvalue weighted by molar-refractivity contribution is -0.191. The number of β-lactam (4-membered cyclic amide) rings is 1. The Labute approximate surface area is 115 Å². The number of carbonyl (C=O) groups is 3. The molecule has 1 saturated heterocycles. The van der Waals surface area contributed by atoms with Gasteiger partial charge in [0.2, 0.25) is 18.0 Å². The number of benzene rings is 1. The smallest absolute Gasteiger partial charge is 0.304 e. The Morgan fingerprint density at radius 2 is 1.95 bits per heavy atom. The van der Waals surface area contributed by atoms with Crippen LogP contribution in [0.1, 0.15) is 20.3 Å². The van der Waals surface area contributed by atoms with Crippen LogP contribution in [0.2, 0.25) is 0 Å². The van der Waals surface area contributed by atoms with Crippen LogP contribution in [0.3, 0.4) is 0 Å². The zero-order chi connectivity index (χ0) is 14.7. The molecule has 0 aromatic heterocycles. The molecule has 1 aromatic rings. The third-order valence-electron chi connectivity index (χ3n) is 2.53. The second-order valence-corrected chi connectivity index (χ2v) is 4.28. The highest BCUT2D eigenvalue weighted by molar-refractivity contribution is 5.86. The number of ether oxygens (including phenoxy) is 2. The molecular weight excluding hydrogens is 264 g/mol. The Hall–Kier alpha value is -2.57. The first kappa shape index (κ1) is 13.9. The Morgan fingerprint density at radius 1 is 1.35 bits per heavy atom. The first-order valence-electron chi connectivity index (χ1n) is 6.00. The van der Waals surface area contributed by atoms with E-state index in [-0.39, 0.29) is 18.2 Å². The SMILES string of the molecule is CC(=O)NN1C(=O)CC1OC(C)=O.c1cc2cc(c1)O2. The van der Waals surface area contributed by atoms with Crippen molar-refractivity contribution in [2.24, 2.45) is 0 Å². The van der Waals surface area contributed by atoms with E-state index in [2.05, 4.69) is 5.43 Å². The summed E-state index contributed by atoms with van der Waals surface area (Å²) in [5.41, 5.74) is 2.25. The molecule has 1 atom stereocenters. The topological polar surface area (TPSA) is 84.9 Å². The van der Waals surface area contributed by atoms with Crippen LogP contribution in [0.25, 0.3) is 0 Å². The molecular formula is C13H14N2O5. The number of hydrogen-bond donors (Lipinski definition) is 1. The molecule has 4 rings (SSSR count). The molecule has 0 saturated carbocycles. The van der Waals surface area contributed by atoms with Gasteiger partial charge in [-0.1, -0.05) is 6.07 Å². The maximum atomic E-state index is 10.9. The molecule has 3 aliphatic rings. The van der Waals surface area contributed by atoms with E-state index in [1.165, 1.54) is 13.8 Å².